The number of methoxy groups -OCH3 is 2. The molecular formula is C21H27N3O4. The normalized spacial score (nSPS) is 10.5. The second-order valence-electron chi connectivity index (χ2n) is 5.96. The number of anilines is 1. The molecule has 0 unspecified atom stereocenters. The number of unbranched alkanes of at least 4 members (excludes halogenated alkanes) is 1. The van der Waals surface area contributed by atoms with Gasteiger partial charge in [0.2, 0.25) is 0 Å². The molecule has 7 heteroatoms. The van der Waals surface area contributed by atoms with Gasteiger partial charge in [0.25, 0.3) is 5.91 Å². The average Bonchev–Trinajstić information content (AvgIpc) is 2.73. The molecule has 0 fully saturated rings. The molecule has 0 heterocycles. The van der Waals surface area contributed by atoms with Gasteiger partial charge in [-0.05, 0) is 42.3 Å². The Bertz CT molecular complexity index is 793. The highest BCUT2D eigenvalue weighted by Crippen LogP contribution is 2.27. The predicted molar refractivity (Wildman–Crippen MR) is 111 cm³/mol. The van der Waals surface area contributed by atoms with Crippen LogP contribution in [0.15, 0.2) is 47.6 Å². The molecular weight excluding hydrogens is 358 g/mol. The molecule has 0 atom stereocenters. The van der Waals surface area contributed by atoms with Crippen LogP contribution in [0.3, 0.4) is 0 Å². The number of para-hydroxylation sites is 2. The van der Waals surface area contributed by atoms with Crippen LogP contribution < -0.4 is 25.0 Å². The van der Waals surface area contributed by atoms with Gasteiger partial charge in [0.05, 0.1) is 39.3 Å². The van der Waals surface area contributed by atoms with Crippen LogP contribution in [0.25, 0.3) is 0 Å². The van der Waals surface area contributed by atoms with E-state index in [2.05, 4.69) is 22.8 Å². The number of nitrogens with zero attached hydrogens (tertiary/aromatic N) is 1. The van der Waals surface area contributed by atoms with E-state index in [0.29, 0.717) is 23.9 Å². The van der Waals surface area contributed by atoms with Crippen LogP contribution in [0.1, 0.15) is 25.3 Å². The van der Waals surface area contributed by atoms with Gasteiger partial charge in [-0.15, -0.1) is 0 Å². The fourth-order valence-corrected chi connectivity index (χ4v) is 2.39. The Morgan fingerprint density at radius 1 is 1.07 bits per heavy atom. The number of nitrogens with one attached hydrogen (secondary N) is 2. The second-order valence-corrected chi connectivity index (χ2v) is 5.96. The molecule has 7 nitrogen and oxygen atoms in total. The maximum Gasteiger partial charge on any atom is 0.259 e. The third-order valence-corrected chi connectivity index (χ3v) is 3.89. The summed E-state index contributed by atoms with van der Waals surface area (Å²) >= 11 is 0. The first kappa shape index (κ1) is 21.1. The van der Waals surface area contributed by atoms with Gasteiger partial charge < -0.3 is 19.5 Å². The number of rotatable bonds is 11. The van der Waals surface area contributed by atoms with E-state index < -0.39 is 0 Å². The van der Waals surface area contributed by atoms with Crippen molar-refractivity contribution < 1.29 is 19.0 Å². The van der Waals surface area contributed by atoms with Gasteiger partial charge in [0.15, 0.2) is 11.5 Å². The van der Waals surface area contributed by atoms with Gasteiger partial charge in [-0.2, -0.15) is 5.10 Å². The van der Waals surface area contributed by atoms with E-state index in [1.54, 1.807) is 20.4 Å². The summed E-state index contributed by atoms with van der Waals surface area (Å²) in [6, 6.07) is 12.9. The van der Waals surface area contributed by atoms with E-state index in [-0.39, 0.29) is 12.5 Å². The number of carbonyl (C=O) groups is 1. The molecule has 2 aromatic carbocycles. The Morgan fingerprint density at radius 3 is 2.61 bits per heavy atom. The molecule has 0 spiro atoms. The number of benzene rings is 2. The minimum Gasteiger partial charge on any atom is -0.495 e. The van der Waals surface area contributed by atoms with E-state index in [1.165, 1.54) is 0 Å². The first-order valence-corrected chi connectivity index (χ1v) is 9.17. The molecule has 28 heavy (non-hydrogen) atoms. The molecule has 0 aliphatic carbocycles. The zero-order valence-electron chi connectivity index (χ0n) is 16.5. The summed E-state index contributed by atoms with van der Waals surface area (Å²) in [4.78, 5) is 12.0. The Morgan fingerprint density at radius 2 is 1.86 bits per heavy atom. The zero-order valence-corrected chi connectivity index (χ0v) is 16.5. The number of hydrogen-bond acceptors (Lipinski definition) is 6. The molecule has 2 N–H and O–H groups in total. The molecule has 0 aromatic heterocycles. The monoisotopic (exact) mass is 385 g/mol. The van der Waals surface area contributed by atoms with Gasteiger partial charge in [0, 0.05) is 0 Å². The highest BCUT2D eigenvalue weighted by molar-refractivity contribution is 5.85. The van der Waals surface area contributed by atoms with Crippen LogP contribution in [-0.2, 0) is 4.79 Å². The van der Waals surface area contributed by atoms with E-state index in [4.69, 9.17) is 14.2 Å². The maximum absolute atomic E-state index is 12.0. The van der Waals surface area contributed by atoms with E-state index >= 15 is 0 Å². The Kier molecular flexibility index (Phi) is 8.65. The minimum atomic E-state index is -0.270. The Labute approximate surface area is 165 Å². The quantitative estimate of drug-likeness (QED) is 0.352. The SMILES string of the molecule is CCCCOc1ccc(/C=N\NC(=O)CNc2ccccc2OC)cc1OC. The van der Waals surface area contributed by atoms with Crippen LogP contribution in [0.4, 0.5) is 5.69 Å². The molecule has 0 saturated carbocycles. The van der Waals surface area contributed by atoms with Crippen LogP contribution >= 0.6 is 0 Å². The topological polar surface area (TPSA) is 81.2 Å². The number of hydrogen-bond donors (Lipinski definition) is 2. The number of ether oxygens (including phenoxy) is 3. The van der Waals surface area contributed by atoms with Gasteiger partial charge in [-0.25, -0.2) is 5.43 Å². The zero-order chi connectivity index (χ0) is 20.2. The van der Waals surface area contributed by atoms with Crippen molar-refractivity contribution in [1.29, 1.82) is 0 Å². The summed E-state index contributed by atoms with van der Waals surface area (Å²) in [5.74, 6) is 1.73. The summed E-state index contributed by atoms with van der Waals surface area (Å²) in [6.07, 6.45) is 3.61. The lowest BCUT2D eigenvalue weighted by Gasteiger charge is -2.11. The first-order chi connectivity index (χ1) is 13.7. The van der Waals surface area contributed by atoms with Gasteiger partial charge in [-0.1, -0.05) is 25.5 Å². The van der Waals surface area contributed by atoms with Crippen molar-refractivity contribution in [1.82, 2.24) is 5.43 Å². The molecule has 0 aliphatic heterocycles. The maximum atomic E-state index is 12.0. The van der Waals surface area contributed by atoms with Crippen molar-refractivity contribution in [2.75, 3.05) is 32.7 Å². The molecule has 0 radical (unpaired) electrons. The predicted octanol–water partition coefficient (Wildman–Crippen LogP) is 3.44. The van der Waals surface area contributed by atoms with Crippen LogP contribution in [-0.4, -0.2) is 39.5 Å². The van der Waals surface area contributed by atoms with Crippen molar-refractivity contribution in [3.05, 3.63) is 48.0 Å². The van der Waals surface area contributed by atoms with Crippen molar-refractivity contribution in [2.24, 2.45) is 5.10 Å². The lowest BCUT2D eigenvalue weighted by atomic mass is 10.2. The fourth-order valence-electron chi connectivity index (χ4n) is 2.39. The first-order valence-electron chi connectivity index (χ1n) is 9.17. The van der Waals surface area contributed by atoms with Crippen LogP contribution in [0, 0.1) is 0 Å². The van der Waals surface area contributed by atoms with Crippen LogP contribution in [0.2, 0.25) is 0 Å². The summed E-state index contributed by atoms with van der Waals surface area (Å²) in [5.41, 5.74) is 4.02. The van der Waals surface area contributed by atoms with Crippen molar-refractivity contribution in [2.45, 2.75) is 19.8 Å². The van der Waals surface area contributed by atoms with Crippen LogP contribution in [0.5, 0.6) is 17.2 Å². The fraction of sp³-hybridized carbons (Fsp3) is 0.333. The summed E-state index contributed by atoms with van der Waals surface area (Å²) in [5, 5.41) is 7.00. The third kappa shape index (κ3) is 6.50. The summed E-state index contributed by atoms with van der Waals surface area (Å²) in [6.45, 7) is 2.83. The van der Waals surface area contributed by atoms with Gasteiger partial charge >= 0.3 is 0 Å². The van der Waals surface area contributed by atoms with Crippen molar-refractivity contribution in [3.8, 4) is 17.2 Å². The van der Waals surface area contributed by atoms with Crippen molar-refractivity contribution >= 4 is 17.8 Å². The Hall–Kier alpha value is -3.22. The molecule has 2 rings (SSSR count). The number of hydrazone groups is 1. The largest absolute Gasteiger partial charge is 0.495 e. The molecule has 1 amide bonds. The number of carbonyl (C=O) groups excluding carboxylic acids is 1. The van der Waals surface area contributed by atoms with E-state index in [9.17, 15) is 4.79 Å². The molecule has 0 saturated heterocycles. The van der Waals surface area contributed by atoms with Gasteiger partial charge in [0.1, 0.15) is 5.75 Å². The average molecular weight is 385 g/mol. The summed E-state index contributed by atoms with van der Waals surface area (Å²) < 4.78 is 16.3. The van der Waals surface area contributed by atoms with Crippen molar-refractivity contribution in [3.63, 3.8) is 0 Å². The second kappa shape index (κ2) is 11.5. The standard InChI is InChI=1S/C21H27N3O4/c1-4-5-12-28-19-11-10-16(13-20(19)27-3)14-23-24-21(25)15-22-17-8-6-7-9-18(17)26-2/h6-11,13-14,22H,4-5,12,15H2,1-3H3,(H,24,25)/b23-14-. The highest BCUT2D eigenvalue weighted by Gasteiger charge is 2.06. The van der Waals surface area contributed by atoms with Gasteiger partial charge in [-0.3, -0.25) is 4.79 Å². The number of amides is 1. The molecule has 0 aliphatic rings. The Balaban J connectivity index is 1.86. The molecule has 0 bridgehead atoms. The lowest BCUT2D eigenvalue weighted by molar-refractivity contribution is -0.119. The summed E-state index contributed by atoms with van der Waals surface area (Å²) in [7, 11) is 3.17. The lowest BCUT2D eigenvalue weighted by Crippen LogP contribution is -2.26. The highest BCUT2D eigenvalue weighted by atomic mass is 16.5. The molecule has 2 aromatic rings. The minimum absolute atomic E-state index is 0.0746. The smallest absolute Gasteiger partial charge is 0.259 e. The third-order valence-electron chi connectivity index (χ3n) is 3.89. The molecule has 150 valence electrons. The van der Waals surface area contributed by atoms with E-state index in [0.717, 1.165) is 24.1 Å². The van der Waals surface area contributed by atoms with E-state index in [1.807, 2.05) is 42.5 Å².